The van der Waals surface area contributed by atoms with Gasteiger partial charge in [0.25, 0.3) is 0 Å². The van der Waals surface area contributed by atoms with Crippen molar-refractivity contribution in [3.8, 4) is 5.75 Å². The maximum atomic E-state index is 5.96. The summed E-state index contributed by atoms with van der Waals surface area (Å²) in [5.41, 5.74) is 0. The van der Waals surface area contributed by atoms with Gasteiger partial charge < -0.3 is 15.0 Å². The van der Waals surface area contributed by atoms with Crippen molar-refractivity contribution < 1.29 is 4.74 Å². The van der Waals surface area contributed by atoms with E-state index in [2.05, 4.69) is 24.3 Å². The molecule has 118 valence electrons. The molecule has 1 fully saturated rings. The van der Waals surface area contributed by atoms with E-state index in [9.17, 15) is 0 Å². The highest BCUT2D eigenvalue weighted by Gasteiger charge is 2.21. The predicted octanol–water partition coefficient (Wildman–Crippen LogP) is 3.43. The van der Waals surface area contributed by atoms with Crippen molar-refractivity contribution in [3.05, 3.63) is 29.3 Å². The summed E-state index contributed by atoms with van der Waals surface area (Å²) in [5.74, 6) is 1.72. The van der Waals surface area contributed by atoms with Crippen molar-refractivity contribution in [3.63, 3.8) is 0 Å². The first-order valence-corrected chi connectivity index (χ1v) is 8.28. The maximum absolute atomic E-state index is 5.96. The molecule has 2 rings (SSSR count). The second-order valence-electron chi connectivity index (χ2n) is 6.23. The van der Waals surface area contributed by atoms with Crippen LogP contribution in [0.25, 0.3) is 0 Å². The van der Waals surface area contributed by atoms with Gasteiger partial charge in [-0.05, 0) is 77.0 Å². The third-order valence-electron chi connectivity index (χ3n) is 4.12. The molecule has 4 heteroatoms. The van der Waals surface area contributed by atoms with E-state index in [-0.39, 0.29) is 0 Å². The van der Waals surface area contributed by atoms with Gasteiger partial charge in [0.15, 0.2) is 0 Å². The minimum atomic E-state index is 0.588. The molecule has 0 saturated carbocycles. The van der Waals surface area contributed by atoms with E-state index in [4.69, 9.17) is 16.3 Å². The van der Waals surface area contributed by atoms with Crippen LogP contribution >= 0.6 is 11.6 Å². The zero-order valence-corrected chi connectivity index (χ0v) is 13.9. The van der Waals surface area contributed by atoms with Crippen molar-refractivity contribution in [2.45, 2.75) is 31.7 Å². The van der Waals surface area contributed by atoms with Gasteiger partial charge in [0.2, 0.25) is 0 Å². The largest absolute Gasteiger partial charge is 0.493 e. The Hall–Kier alpha value is -0.770. The molecule has 2 unspecified atom stereocenters. The summed E-state index contributed by atoms with van der Waals surface area (Å²) >= 11 is 5.96. The monoisotopic (exact) mass is 310 g/mol. The molecule has 1 aromatic carbocycles. The maximum Gasteiger partial charge on any atom is 0.120 e. The van der Waals surface area contributed by atoms with Gasteiger partial charge in [-0.25, -0.2) is 0 Å². The summed E-state index contributed by atoms with van der Waals surface area (Å²) < 4.78 is 5.79. The Kier molecular flexibility index (Phi) is 6.81. The summed E-state index contributed by atoms with van der Waals surface area (Å²) in [5, 5.41) is 4.34. The van der Waals surface area contributed by atoms with Crippen LogP contribution in [0.4, 0.5) is 0 Å². The molecule has 0 amide bonds. The van der Waals surface area contributed by atoms with Crippen LogP contribution in [0.3, 0.4) is 0 Å². The Morgan fingerprint density at radius 1 is 1.33 bits per heavy atom. The lowest BCUT2D eigenvalue weighted by Gasteiger charge is -2.31. The topological polar surface area (TPSA) is 24.5 Å². The number of ether oxygens (including phenoxy) is 1. The van der Waals surface area contributed by atoms with Crippen LogP contribution in [0, 0.1) is 5.92 Å². The summed E-state index contributed by atoms with van der Waals surface area (Å²) in [6.07, 6.45) is 4.94. The Bertz CT molecular complexity index is 425. The minimum Gasteiger partial charge on any atom is -0.493 e. The lowest BCUT2D eigenvalue weighted by Crippen LogP contribution is -2.39. The molecular weight excluding hydrogens is 284 g/mol. The van der Waals surface area contributed by atoms with Gasteiger partial charge in [0.1, 0.15) is 5.75 Å². The van der Waals surface area contributed by atoms with Gasteiger partial charge in [-0.1, -0.05) is 17.7 Å². The second kappa shape index (κ2) is 8.62. The molecule has 1 heterocycles. The quantitative estimate of drug-likeness (QED) is 0.835. The Morgan fingerprint density at radius 3 is 2.95 bits per heavy atom. The molecule has 0 bridgehead atoms. The molecule has 2 atom stereocenters. The summed E-state index contributed by atoms with van der Waals surface area (Å²) in [4.78, 5) is 2.28. The number of nitrogens with zero attached hydrogens (tertiary/aromatic N) is 1. The molecule has 3 nitrogen and oxygen atoms in total. The highest BCUT2D eigenvalue weighted by molar-refractivity contribution is 6.30. The standard InChI is InChI=1S/C17H27ClN2O/c1-20(2)10-7-14-6-9-19-16(12-14)8-11-21-17-5-3-4-15(18)13-17/h3-5,13-14,16,19H,6-12H2,1-2H3. The lowest BCUT2D eigenvalue weighted by molar-refractivity contribution is 0.222. The fraction of sp³-hybridized carbons (Fsp3) is 0.647. The van der Waals surface area contributed by atoms with Crippen LogP contribution in [0.1, 0.15) is 25.7 Å². The van der Waals surface area contributed by atoms with Crippen molar-refractivity contribution in [2.24, 2.45) is 5.92 Å². The summed E-state index contributed by atoms with van der Waals surface area (Å²) in [6.45, 7) is 3.08. The molecule has 0 radical (unpaired) electrons. The van der Waals surface area contributed by atoms with Crippen LogP contribution in [0.5, 0.6) is 5.75 Å². The molecule has 1 aromatic rings. The van der Waals surface area contributed by atoms with Gasteiger partial charge in [0, 0.05) is 11.1 Å². The molecular formula is C17H27ClN2O. The van der Waals surface area contributed by atoms with E-state index in [0.29, 0.717) is 6.04 Å². The first kappa shape index (κ1) is 16.6. The van der Waals surface area contributed by atoms with Crippen LogP contribution in [0.2, 0.25) is 5.02 Å². The zero-order chi connectivity index (χ0) is 15.1. The third-order valence-corrected chi connectivity index (χ3v) is 4.35. The van der Waals surface area contributed by atoms with Crippen LogP contribution in [-0.4, -0.2) is 44.7 Å². The second-order valence-corrected chi connectivity index (χ2v) is 6.66. The molecule has 0 aromatic heterocycles. The van der Waals surface area contributed by atoms with Crippen molar-refractivity contribution in [2.75, 3.05) is 33.8 Å². The van der Waals surface area contributed by atoms with E-state index in [0.717, 1.165) is 36.3 Å². The van der Waals surface area contributed by atoms with Gasteiger partial charge in [-0.3, -0.25) is 0 Å². The average Bonchev–Trinajstić information content (AvgIpc) is 2.46. The van der Waals surface area contributed by atoms with Crippen molar-refractivity contribution in [1.29, 1.82) is 0 Å². The lowest BCUT2D eigenvalue weighted by atomic mass is 9.88. The normalized spacial score (nSPS) is 22.5. The number of rotatable bonds is 7. The summed E-state index contributed by atoms with van der Waals surface area (Å²) in [6, 6.07) is 8.21. The smallest absolute Gasteiger partial charge is 0.120 e. The average molecular weight is 311 g/mol. The molecule has 1 N–H and O–H groups in total. The van der Waals surface area contributed by atoms with Gasteiger partial charge in [0.05, 0.1) is 6.61 Å². The number of piperidine rings is 1. The highest BCUT2D eigenvalue weighted by atomic mass is 35.5. The molecule has 21 heavy (non-hydrogen) atoms. The predicted molar refractivity (Wildman–Crippen MR) is 89.2 cm³/mol. The molecule has 1 aliphatic heterocycles. The van der Waals surface area contributed by atoms with E-state index in [1.54, 1.807) is 0 Å². The van der Waals surface area contributed by atoms with Gasteiger partial charge >= 0.3 is 0 Å². The molecule has 1 saturated heterocycles. The number of hydrogen-bond donors (Lipinski definition) is 1. The van der Waals surface area contributed by atoms with Crippen LogP contribution < -0.4 is 10.1 Å². The first-order chi connectivity index (χ1) is 10.1. The fourth-order valence-corrected chi connectivity index (χ4v) is 3.07. The van der Waals surface area contributed by atoms with E-state index in [1.807, 2.05) is 24.3 Å². The molecule has 1 aliphatic rings. The van der Waals surface area contributed by atoms with E-state index < -0.39 is 0 Å². The van der Waals surface area contributed by atoms with E-state index in [1.165, 1.54) is 25.8 Å². The summed E-state index contributed by atoms with van der Waals surface area (Å²) in [7, 11) is 4.30. The minimum absolute atomic E-state index is 0.588. The Morgan fingerprint density at radius 2 is 2.19 bits per heavy atom. The first-order valence-electron chi connectivity index (χ1n) is 7.90. The SMILES string of the molecule is CN(C)CCC1CCNC(CCOc2cccc(Cl)c2)C1. The van der Waals surface area contributed by atoms with Gasteiger partial charge in [-0.2, -0.15) is 0 Å². The van der Waals surface area contributed by atoms with Crippen molar-refractivity contribution >= 4 is 11.6 Å². The van der Waals surface area contributed by atoms with Crippen molar-refractivity contribution in [1.82, 2.24) is 10.2 Å². The van der Waals surface area contributed by atoms with Gasteiger partial charge in [-0.15, -0.1) is 0 Å². The third kappa shape index (κ3) is 6.25. The number of nitrogens with one attached hydrogen (secondary N) is 1. The zero-order valence-electron chi connectivity index (χ0n) is 13.1. The van der Waals surface area contributed by atoms with E-state index >= 15 is 0 Å². The Labute approximate surface area is 133 Å². The van der Waals surface area contributed by atoms with Crippen LogP contribution in [0.15, 0.2) is 24.3 Å². The number of benzene rings is 1. The Balaban J connectivity index is 1.68. The van der Waals surface area contributed by atoms with Crippen LogP contribution in [-0.2, 0) is 0 Å². The fourth-order valence-electron chi connectivity index (χ4n) is 2.89. The highest BCUT2D eigenvalue weighted by Crippen LogP contribution is 2.22. The number of hydrogen-bond acceptors (Lipinski definition) is 3. The number of halogens is 1. The molecule has 0 spiro atoms. The molecule has 0 aliphatic carbocycles.